The van der Waals surface area contributed by atoms with Crippen LogP contribution in [0.25, 0.3) is 11.3 Å². The lowest BCUT2D eigenvalue weighted by atomic mass is 9.90. The van der Waals surface area contributed by atoms with E-state index in [1.807, 2.05) is 20.8 Å². The number of rotatable bonds is 7. The van der Waals surface area contributed by atoms with Gasteiger partial charge in [0.1, 0.15) is 12.2 Å². The lowest BCUT2D eigenvalue weighted by molar-refractivity contribution is 0.00803. The van der Waals surface area contributed by atoms with Gasteiger partial charge < -0.3 is 24.6 Å². The molecule has 2 heterocycles. The number of anilines is 1. The predicted octanol–water partition coefficient (Wildman–Crippen LogP) is 3.49. The van der Waals surface area contributed by atoms with Crippen molar-refractivity contribution in [1.82, 2.24) is 25.3 Å². The molecule has 1 fully saturated rings. The Morgan fingerprint density at radius 1 is 1.00 bits per heavy atom. The molecule has 1 saturated carbocycles. The van der Waals surface area contributed by atoms with Gasteiger partial charge in [-0.1, -0.05) is 0 Å². The molecule has 2 aromatic rings. The molecule has 0 aliphatic heterocycles. The topological polar surface area (TPSA) is 149 Å². The van der Waals surface area contributed by atoms with Crippen molar-refractivity contribution in [2.45, 2.75) is 83.6 Å². The van der Waals surface area contributed by atoms with E-state index in [2.05, 4.69) is 25.3 Å². The number of aromatic nitrogens is 4. The van der Waals surface area contributed by atoms with Crippen LogP contribution in [-0.2, 0) is 9.47 Å². The van der Waals surface area contributed by atoms with E-state index in [1.165, 1.54) is 24.4 Å². The van der Waals surface area contributed by atoms with Crippen molar-refractivity contribution in [1.29, 1.82) is 0 Å². The first-order chi connectivity index (χ1) is 17.3. The van der Waals surface area contributed by atoms with Crippen LogP contribution in [0, 0.1) is 0 Å². The van der Waals surface area contributed by atoms with Crippen LogP contribution in [0.15, 0.2) is 24.8 Å². The minimum atomic E-state index is -1.18. The summed E-state index contributed by atoms with van der Waals surface area (Å²) in [6, 6.07) is -0.0508. The Labute approximate surface area is 216 Å². The van der Waals surface area contributed by atoms with Gasteiger partial charge in [0.2, 0.25) is 0 Å². The second-order valence-electron chi connectivity index (χ2n) is 10.6. The number of carbonyl (C=O) groups is 2. The van der Waals surface area contributed by atoms with E-state index in [9.17, 15) is 14.7 Å². The normalized spacial score (nSPS) is 18.0. The number of hydrogen-bond donors (Lipinski definition) is 2. The lowest BCUT2D eigenvalue weighted by Crippen LogP contribution is -2.48. The van der Waals surface area contributed by atoms with Gasteiger partial charge in [0.25, 0.3) is 0 Å². The fraction of sp³-hybridized carbons (Fsp3) is 0.600. The van der Waals surface area contributed by atoms with Crippen LogP contribution in [0.2, 0.25) is 0 Å². The first kappa shape index (κ1) is 28.0. The second-order valence-corrected chi connectivity index (χ2v) is 10.6. The number of nitrogens with zero attached hydrogens (tertiary/aromatic N) is 5. The summed E-state index contributed by atoms with van der Waals surface area (Å²) in [5.41, 5.74) is -0.586. The van der Waals surface area contributed by atoms with Gasteiger partial charge in [-0.2, -0.15) is 0 Å². The Hall–Kier alpha value is -3.54. The number of nitrogens with one attached hydrogen (secondary N) is 1. The van der Waals surface area contributed by atoms with Crippen LogP contribution >= 0.6 is 0 Å². The van der Waals surface area contributed by atoms with E-state index < -0.39 is 23.4 Å². The first-order valence-electron chi connectivity index (χ1n) is 12.2. The molecular weight excluding hydrogens is 480 g/mol. The van der Waals surface area contributed by atoms with Crippen molar-refractivity contribution < 1.29 is 28.9 Å². The second kappa shape index (κ2) is 11.7. The highest BCUT2D eigenvalue weighted by Crippen LogP contribution is 2.28. The van der Waals surface area contributed by atoms with Gasteiger partial charge in [0, 0.05) is 30.0 Å². The molecule has 1 aliphatic rings. The van der Waals surface area contributed by atoms with Crippen molar-refractivity contribution in [2.75, 3.05) is 18.6 Å². The third kappa shape index (κ3) is 8.52. The Bertz CT molecular complexity index is 1040. The molecule has 0 radical (unpaired) electrons. The van der Waals surface area contributed by atoms with Crippen molar-refractivity contribution in [3.05, 3.63) is 24.8 Å². The minimum absolute atomic E-state index is 0.0659. The maximum atomic E-state index is 13.1. The van der Waals surface area contributed by atoms with E-state index in [1.54, 1.807) is 26.2 Å². The molecular formula is C25H36N6O6. The lowest BCUT2D eigenvalue weighted by Gasteiger charge is -2.36. The SMILES string of the molecule is COc1ncc(-c2cnc(N(C(=O)OCC(C)(C)O)C3CCC(NC(=O)OC(C)(C)C)CC3)cn2)cn1. The fourth-order valence-corrected chi connectivity index (χ4v) is 3.84. The molecule has 2 N–H and O–H groups in total. The van der Waals surface area contributed by atoms with Gasteiger partial charge in [0.05, 0.1) is 30.8 Å². The van der Waals surface area contributed by atoms with Gasteiger partial charge >= 0.3 is 18.2 Å². The number of ether oxygens (including phenoxy) is 3. The molecule has 0 unspecified atom stereocenters. The Kier molecular flexibility index (Phi) is 8.85. The summed E-state index contributed by atoms with van der Waals surface area (Å²) in [5, 5.41) is 12.9. The van der Waals surface area contributed by atoms with E-state index in [0.29, 0.717) is 42.8 Å². The quantitative estimate of drug-likeness (QED) is 0.560. The Balaban J connectivity index is 1.73. The van der Waals surface area contributed by atoms with Gasteiger partial charge in [-0.15, -0.1) is 0 Å². The van der Waals surface area contributed by atoms with Crippen LogP contribution in [0.3, 0.4) is 0 Å². The van der Waals surface area contributed by atoms with Gasteiger partial charge in [-0.05, 0) is 60.3 Å². The fourth-order valence-electron chi connectivity index (χ4n) is 3.84. The molecule has 0 bridgehead atoms. The van der Waals surface area contributed by atoms with Crippen molar-refractivity contribution in [3.8, 4) is 17.3 Å². The molecule has 12 heteroatoms. The average molecular weight is 517 g/mol. The number of aliphatic hydroxyl groups is 1. The van der Waals surface area contributed by atoms with Crippen LogP contribution in [0.5, 0.6) is 6.01 Å². The van der Waals surface area contributed by atoms with Crippen LogP contribution < -0.4 is 15.0 Å². The zero-order chi connectivity index (χ0) is 27.2. The summed E-state index contributed by atoms with van der Waals surface area (Å²) in [6.45, 7) is 8.39. The maximum absolute atomic E-state index is 13.1. The van der Waals surface area contributed by atoms with Gasteiger partial charge in [-0.3, -0.25) is 9.88 Å². The van der Waals surface area contributed by atoms with E-state index in [4.69, 9.17) is 14.2 Å². The molecule has 37 heavy (non-hydrogen) atoms. The molecule has 0 atom stereocenters. The molecule has 2 aromatic heterocycles. The molecule has 12 nitrogen and oxygen atoms in total. The third-order valence-electron chi connectivity index (χ3n) is 5.52. The third-order valence-corrected chi connectivity index (χ3v) is 5.52. The van der Waals surface area contributed by atoms with Crippen LogP contribution in [0.4, 0.5) is 15.4 Å². The minimum Gasteiger partial charge on any atom is -0.467 e. The molecule has 0 aromatic carbocycles. The number of amides is 2. The van der Waals surface area contributed by atoms with Gasteiger partial charge in [-0.25, -0.2) is 24.5 Å². The maximum Gasteiger partial charge on any atom is 0.415 e. The number of carbonyl (C=O) groups excluding carboxylic acids is 2. The monoisotopic (exact) mass is 516 g/mol. The highest BCUT2D eigenvalue weighted by molar-refractivity contribution is 5.87. The highest BCUT2D eigenvalue weighted by Gasteiger charge is 2.34. The number of methoxy groups -OCH3 is 1. The van der Waals surface area contributed by atoms with Crippen LogP contribution in [-0.4, -0.2) is 74.2 Å². The smallest absolute Gasteiger partial charge is 0.415 e. The standard InChI is InChI=1S/C25H36N6O6/c1-24(2,3)37-22(32)30-17-7-9-18(10-8-17)31(23(33)36-15-25(4,5)34)20-14-26-19(13-27-20)16-11-28-21(35-6)29-12-16/h11-14,17-18,34H,7-10,15H2,1-6H3,(H,30,32). The zero-order valence-corrected chi connectivity index (χ0v) is 22.2. The zero-order valence-electron chi connectivity index (χ0n) is 22.2. The molecule has 0 saturated heterocycles. The average Bonchev–Trinajstić information content (AvgIpc) is 2.83. The van der Waals surface area contributed by atoms with Crippen molar-refractivity contribution in [2.24, 2.45) is 0 Å². The van der Waals surface area contributed by atoms with E-state index in [-0.39, 0.29) is 24.7 Å². The number of hydrogen-bond acceptors (Lipinski definition) is 10. The van der Waals surface area contributed by atoms with Crippen molar-refractivity contribution in [3.63, 3.8) is 0 Å². The Morgan fingerprint density at radius 2 is 1.65 bits per heavy atom. The summed E-state index contributed by atoms with van der Waals surface area (Å²) in [6.07, 6.45) is 7.60. The predicted molar refractivity (Wildman–Crippen MR) is 135 cm³/mol. The Morgan fingerprint density at radius 3 is 2.16 bits per heavy atom. The molecule has 1 aliphatic carbocycles. The molecule has 2 amide bonds. The largest absolute Gasteiger partial charge is 0.467 e. The summed E-state index contributed by atoms with van der Waals surface area (Å²) in [4.78, 5) is 43.8. The summed E-state index contributed by atoms with van der Waals surface area (Å²) >= 11 is 0. The molecule has 3 rings (SSSR count). The van der Waals surface area contributed by atoms with Crippen molar-refractivity contribution >= 4 is 18.0 Å². The number of alkyl carbamates (subject to hydrolysis) is 1. The molecule has 0 spiro atoms. The highest BCUT2D eigenvalue weighted by atomic mass is 16.6. The summed E-state index contributed by atoms with van der Waals surface area (Å²) in [7, 11) is 1.48. The van der Waals surface area contributed by atoms with E-state index >= 15 is 0 Å². The summed E-state index contributed by atoms with van der Waals surface area (Å²) < 4.78 is 15.7. The van der Waals surface area contributed by atoms with Crippen LogP contribution in [0.1, 0.15) is 60.3 Å². The first-order valence-corrected chi connectivity index (χ1v) is 12.2. The summed E-state index contributed by atoms with van der Waals surface area (Å²) in [5.74, 6) is 0.322. The molecule has 202 valence electrons. The van der Waals surface area contributed by atoms with E-state index in [0.717, 1.165) is 0 Å². The van der Waals surface area contributed by atoms with Gasteiger partial charge in [0.15, 0.2) is 5.82 Å².